The van der Waals surface area contributed by atoms with Crippen molar-refractivity contribution in [1.82, 2.24) is 9.88 Å². The average Bonchev–Trinajstić information content (AvgIpc) is 3.33. The Hall–Kier alpha value is -1.93. The summed E-state index contributed by atoms with van der Waals surface area (Å²) in [6.45, 7) is 5.06. The number of sulfone groups is 1. The second kappa shape index (κ2) is 9.06. The van der Waals surface area contributed by atoms with Crippen molar-refractivity contribution in [2.75, 3.05) is 18.4 Å². The minimum Gasteiger partial charge on any atom is -0.379 e. The molecule has 5 nitrogen and oxygen atoms in total. The molecule has 8 heteroatoms. The first-order valence-electron chi connectivity index (χ1n) is 9.84. The molecule has 1 N–H and O–H groups in total. The highest BCUT2D eigenvalue weighted by Gasteiger charge is 2.30. The van der Waals surface area contributed by atoms with Crippen molar-refractivity contribution in [1.29, 1.82) is 0 Å². The molecule has 1 aliphatic rings. The van der Waals surface area contributed by atoms with E-state index in [1.54, 1.807) is 23.7 Å². The number of benzene rings is 2. The third-order valence-corrected chi connectivity index (χ3v) is 8.28. The summed E-state index contributed by atoms with van der Waals surface area (Å²) in [5.74, 6) is 0.347. The van der Waals surface area contributed by atoms with Gasteiger partial charge in [0, 0.05) is 37.3 Å². The highest BCUT2D eigenvalue weighted by molar-refractivity contribution is 7.90. The van der Waals surface area contributed by atoms with Crippen LogP contribution in [0.15, 0.2) is 65.0 Å². The number of nitrogens with zero attached hydrogens (tertiary/aromatic N) is 2. The second-order valence-electron chi connectivity index (χ2n) is 7.73. The first-order chi connectivity index (χ1) is 14.4. The lowest BCUT2D eigenvalue weighted by molar-refractivity contribution is 0.319. The number of rotatable bonds is 7. The van der Waals surface area contributed by atoms with Gasteiger partial charge in [0.25, 0.3) is 0 Å². The Morgan fingerprint density at radius 1 is 1.20 bits per heavy atom. The number of thiazole rings is 1. The van der Waals surface area contributed by atoms with E-state index in [9.17, 15) is 8.42 Å². The fraction of sp³-hybridized carbons (Fsp3) is 0.318. The number of anilines is 1. The molecular weight excluding hydrogens is 438 g/mol. The Balaban J connectivity index is 1.42. The topological polar surface area (TPSA) is 62.3 Å². The molecule has 4 rings (SSSR count). The summed E-state index contributed by atoms with van der Waals surface area (Å²) in [4.78, 5) is 6.72. The molecule has 2 atom stereocenters. The standard InChI is InChI=1S/C22H24ClN3O2S2/c1-16-12-26(13-17-5-3-2-4-6-17)14-21(16)25-20-8-7-18(11-19(20)23)30(27,28)15-22-24-9-10-29-22/h2-11,16,21,25H,12-15H2,1H3/t16-,21+/m1/s1. The van der Waals surface area contributed by atoms with Crippen LogP contribution in [0.2, 0.25) is 5.02 Å². The minimum atomic E-state index is -3.48. The highest BCUT2D eigenvalue weighted by atomic mass is 35.5. The van der Waals surface area contributed by atoms with Crippen LogP contribution in [0, 0.1) is 5.92 Å². The van der Waals surface area contributed by atoms with E-state index in [0.29, 0.717) is 15.9 Å². The van der Waals surface area contributed by atoms with Gasteiger partial charge in [-0.1, -0.05) is 48.9 Å². The normalized spacial score (nSPS) is 19.8. The molecule has 0 unspecified atom stereocenters. The van der Waals surface area contributed by atoms with Crippen LogP contribution < -0.4 is 5.32 Å². The quantitative estimate of drug-likeness (QED) is 0.552. The maximum absolute atomic E-state index is 12.7. The number of hydrogen-bond acceptors (Lipinski definition) is 6. The number of halogens is 1. The van der Waals surface area contributed by atoms with Gasteiger partial charge in [-0.2, -0.15) is 0 Å². The average molecular weight is 462 g/mol. The van der Waals surface area contributed by atoms with E-state index in [1.165, 1.54) is 23.0 Å². The van der Waals surface area contributed by atoms with E-state index < -0.39 is 9.84 Å². The van der Waals surface area contributed by atoms with Gasteiger partial charge in [-0.3, -0.25) is 4.90 Å². The van der Waals surface area contributed by atoms with Gasteiger partial charge in [-0.25, -0.2) is 13.4 Å². The van der Waals surface area contributed by atoms with Crippen molar-refractivity contribution in [2.24, 2.45) is 5.92 Å². The maximum atomic E-state index is 12.7. The maximum Gasteiger partial charge on any atom is 0.184 e. The van der Waals surface area contributed by atoms with Gasteiger partial charge in [0.1, 0.15) is 10.8 Å². The number of nitrogens with one attached hydrogen (secondary N) is 1. The summed E-state index contributed by atoms with van der Waals surface area (Å²) < 4.78 is 25.3. The molecule has 0 amide bonds. The molecule has 1 saturated heterocycles. The van der Waals surface area contributed by atoms with Crippen LogP contribution >= 0.6 is 22.9 Å². The zero-order valence-corrected chi connectivity index (χ0v) is 19.1. The van der Waals surface area contributed by atoms with Crippen molar-refractivity contribution < 1.29 is 8.42 Å². The SMILES string of the molecule is C[C@@H]1CN(Cc2ccccc2)C[C@@H]1Nc1ccc(S(=O)(=O)Cc2nccs2)cc1Cl. The van der Waals surface area contributed by atoms with Crippen LogP contribution in [-0.4, -0.2) is 37.4 Å². The van der Waals surface area contributed by atoms with Crippen LogP contribution in [-0.2, 0) is 22.1 Å². The lowest BCUT2D eigenvalue weighted by Crippen LogP contribution is -2.28. The largest absolute Gasteiger partial charge is 0.379 e. The van der Waals surface area contributed by atoms with Crippen LogP contribution in [0.4, 0.5) is 5.69 Å². The lowest BCUT2D eigenvalue weighted by Gasteiger charge is -2.20. The van der Waals surface area contributed by atoms with Crippen molar-refractivity contribution in [3.8, 4) is 0 Å². The number of aromatic nitrogens is 1. The predicted octanol–water partition coefficient (Wildman–Crippen LogP) is 4.70. The van der Waals surface area contributed by atoms with E-state index >= 15 is 0 Å². The first-order valence-corrected chi connectivity index (χ1v) is 12.8. The summed E-state index contributed by atoms with van der Waals surface area (Å²) >= 11 is 7.79. The van der Waals surface area contributed by atoms with Gasteiger partial charge >= 0.3 is 0 Å². The summed E-state index contributed by atoms with van der Waals surface area (Å²) in [7, 11) is -3.48. The second-order valence-corrected chi connectivity index (χ2v) is 11.1. The minimum absolute atomic E-state index is 0.109. The summed E-state index contributed by atoms with van der Waals surface area (Å²) in [5.41, 5.74) is 2.07. The zero-order valence-electron chi connectivity index (χ0n) is 16.7. The molecule has 1 aliphatic heterocycles. The van der Waals surface area contributed by atoms with Crippen molar-refractivity contribution in [3.05, 3.63) is 75.7 Å². The van der Waals surface area contributed by atoms with E-state index in [-0.39, 0.29) is 16.7 Å². The molecule has 0 bridgehead atoms. The predicted molar refractivity (Wildman–Crippen MR) is 123 cm³/mol. The van der Waals surface area contributed by atoms with Crippen LogP contribution in [0.25, 0.3) is 0 Å². The Bertz CT molecular complexity index is 1090. The van der Waals surface area contributed by atoms with Crippen molar-refractivity contribution in [2.45, 2.75) is 30.2 Å². The van der Waals surface area contributed by atoms with Crippen molar-refractivity contribution in [3.63, 3.8) is 0 Å². The monoisotopic (exact) mass is 461 g/mol. The molecule has 2 heterocycles. The van der Waals surface area contributed by atoms with Gasteiger partial charge in [0.2, 0.25) is 0 Å². The highest BCUT2D eigenvalue weighted by Crippen LogP contribution is 2.30. The molecule has 3 aromatic rings. The molecule has 0 spiro atoms. The van der Waals surface area contributed by atoms with Gasteiger partial charge in [0.05, 0.1) is 15.6 Å². The van der Waals surface area contributed by atoms with E-state index in [0.717, 1.165) is 25.3 Å². The molecule has 1 fully saturated rings. The smallest absolute Gasteiger partial charge is 0.184 e. The van der Waals surface area contributed by atoms with E-state index in [4.69, 9.17) is 11.6 Å². The Morgan fingerprint density at radius 2 is 2.00 bits per heavy atom. The Morgan fingerprint density at radius 3 is 2.70 bits per heavy atom. The number of likely N-dealkylation sites (tertiary alicyclic amines) is 1. The Labute approximate surface area is 186 Å². The van der Waals surface area contributed by atoms with Gasteiger partial charge in [-0.05, 0) is 29.7 Å². The van der Waals surface area contributed by atoms with Crippen LogP contribution in [0.5, 0.6) is 0 Å². The van der Waals surface area contributed by atoms with Gasteiger partial charge in [-0.15, -0.1) is 11.3 Å². The van der Waals surface area contributed by atoms with Crippen LogP contribution in [0.1, 0.15) is 17.5 Å². The van der Waals surface area contributed by atoms with Crippen molar-refractivity contribution >= 4 is 38.5 Å². The Kier molecular flexibility index (Phi) is 6.43. The first kappa shape index (κ1) is 21.3. The van der Waals surface area contributed by atoms with Gasteiger partial charge in [0.15, 0.2) is 9.84 Å². The molecule has 158 valence electrons. The van der Waals surface area contributed by atoms with E-state index in [2.05, 4.69) is 46.4 Å². The van der Waals surface area contributed by atoms with Crippen LogP contribution in [0.3, 0.4) is 0 Å². The molecule has 1 aromatic heterocycles. The fourth-order valence-corrected chi connectivity index (χ4v) is 6.38. The third-order valence-electron chi connectivity index (χ3n) is 5.37. The van der Waals surface area contributed by atoms with Gasteiger partial charge < -0.3 is 5.32 Å². The summed E-state index contributed by atoms with van der Waals surface area (Å²) in [5, 5.41) is 6.29. The summed E-state index contributed by atoms with van der Waals surface area (Å²) in [6, 6.07) is 15.6. The zero-order chi connectivity index (χ0) is 21.1. The lowest BCUT2D eigenvalue weighted by atomic mass is 10.1. The molecule has 2 aromatic carbocycles. The molecular formula is C22H24ClN3O2S2. The summed E-state index contributed by atoms with van der Waals surface area (Å²) in [6.07, 6.45) is 1.61. The molecule has 0 radical (unpaired) electrons. The molecule has 30 heavy (non-hydrogen) atoms. The molecule has 0 aliphatic carbocycles. The number of hydrogen-bond donors (Lipinski definition) is 1. The third kappa shape index (κ3) is 5.03. The fourth-order valence-electron chi connectivity index (χ4n) is 3.80. The molecule has 0 saturated carbocycles. The van der Waals surface area contributed by atoms with E-state index in [1.807, 2.05) is 6.07 Å².